The number of rotatable bonds is 2. The molecule has 100 valence electrons. The minimum atomic E-state index is -0.354. The summed E-state index contributed by atoms with van der Waals surface area (Å²) in [6.07, 6.45) is 4.55. The average molecular weight is 281 g/mol. The summed E-state index contributed by atoms with van der Waals surface area (Å²) in [5.41, 5.74) is 5.19. The lowest BCUT2D eigenvalue weighted by Crippen LogP contribution is -2.26. The highest BCUT2D eigenvalue weighted by molar-refractivity contribution is 6.31. The third-order valence-electron chi connectivity index (χ3n) is 3.27. The van der Waals surface area contributed by atoms with Crippen molar-refractivity contribution in [1.29, 1.82) is 0 Å². The van der Waals surface area contributed by atoms with Gasteiger partial charge in [-0.15, -0.1) is 10.2 Å². The van der Waals surface area contributed by atoms with Crippen LogP contribution in [0, 0.1) is 0 Å². The number of nitrogens with zero attached hydrogens (tertiary/aromatic N) is 5. The van der Waals surface area contributed by atoms with E-state index in [4.69, 9.17) is 17.3 Å². The highest BCUT2D eigenvalue weighted by Gasteiger charge is 2.16. The fourth-order valence-electron chi connectivity index (χ4n) is 2.24. The predicted octanol–water partition coefficient (Wildman–Crippen LogP) is 0.455. The summed E-state index contributed by atoms with van der Waals surface area (Å²) in [4.78, 5) is 15.8. The van der Waals surface area contributed by atoms with E-state index >= 15 is 0 Å². The highest BCUT2D eigenvalue weighted by atomic mass is 35.5. The number of nitrogen functional groups attached to an aromatic ring is 1. The number of aryl methyl sites for hydroxylation is 1. The van der Waals surface area contributed by atoms with E-state index in [1.54, 1.807) is 0 Å². The Kier molecular flexibility index (Phi) is 2.98. The molecule has 0 amide bonds. The standard InChI is InChI=1S/C11H13ClN6O/c12-10-9(13)11(19)17(6-14-10)5-8-16-15-7-3-1-2-4-18(7)8/h6H,1-5,13H2. The van der Waals surface area contributed by atoms with Gasteiger partial charge in [0.05, 0.1) is 12.9 Å². The molecule has 3 heterocycles. The Balaban J connectivity index is 1.96. The van der Waals surface area contributed by atoms with E-state index in [9.17, 15) is 4.79 Å². The number of anilines is 1. The van der Waals surface area contributed by atoms with E-state index in [0.717, 1.165) is 37.5 Å². The molecule has 2 aromatic heterocycles. The van der Waals surface area contributed by atoms with Gasteiger partial charge in [-0.2, -0.15) is 0 Å². The zero-order valence-electron chi connectivity index (χ0n) is 10.2. The van der Waals surface area contributed by atoms with Crippen LogP contribution in [-0.4, -0.2) is 24.3 Å². The molecular formula is C11H13ClN6O. The Morgan fingerprint density at radius 2 is 2.21 bits per heavy atom. The maximum Gasteiger partial charge on any atom is 0.278 e. The van der Waals surface area contributed by atoms with Crippen molar-refractivity contribution in [2.75, 3.05) is 5.73 Å². The van der Waals surface area contributed by atoms with E-state index in [0.29, 0.717) is 6.54 Å². The smallest absolute Gasteiger partial charge is 0.278 e. The quantitative estimate of drug-likeness (QED) is 0.807. The highest BCUT2D eigenvalue weighted by Crippen LogP contribution is 2.15. The van der Waals surface area contributed by atoms with Crippen LogP contribution in [0.25, 0.3) is 0 Å². The van der Waals surface area contributed by atoms with Crippen molar-refractivity contribution in [2.24, 2.45) is 0 Å². The molecule has 0 saturated heterocycles. The van der Waals surface area contributed by atoms with Gasteiger partial charge in [-0.1, -0.05) is 11.6 Å². The van der Waals surface area contributed by atoms with E-state index < -0.39 is 0 Å². The normalized spacial score (nSPS) is 14.4. The second-order valence-electron chi connectivity index (χ2n) is 4.52. The van der Waals surface area contributed by atoms with Gasteiger partial charge in [-0.3, -0.25) is 9.36 Å². The topological polar surface area (TPSA) is 91.6 Å². The largest absolute Gasteiger partial charge is 0.392 e. The van der Waals surface area contributed by atoms with Crippen molar-refractivity contribution in [3.63, 3.8) is 0 Å². The van der Waals surface area contributed by atoms with Gasteiger partial charge in [0.1, 0.15) is 11.5 Å². The third kappa shape index (κ3) is 2.10. The second kappa shape index (κ2) is 4.65. The molecule has 2 N–H and O–H groups in total. The van der Waals surface area contributed by atoms with Crippen LogP contribution in [0.15, 0.2) is 11.1 Å². The molecular weight excluding hydrogens is 268 g/mol. The number of hydrogen-bond acceptors (Lipinski definition) is 5. The van der Waals surface area contributed by atoms with Gasteiger partial charge in [-0.25, -0.2) is 4.98 Å². The van der Waals surface area contributed by atoms with Gasteiger partial charge in [-0.05, 0) is 12.8 Å². The Labute approximate surface area is 114 Å². The molecule has 1 aliphatic heterocycles. The van der Waals surface area contributed by atoms with Crippen molar-refractivity contribution in [3.05, 3.63) is 33.5 Å². The lowest BCUT2D eigenvalue weighted by molar-refractivity contribution is 0.499. The van der Waals surface area contributed by atoms with Crippen molar-refractivity contribution >= 4 is 17.3 Å². The molecule has 0 unspecified atom stereocenters. The lowest BCUT2D eigenvalue weighted by atomic mass is 10.2. The first kappa shape index (κ1) is 12.2. The van der Waals surface area contributed by atoms with E-state index in [2.05, 4.69) is 19.7 Å². The first-order chi connectivity index (χ1) is 9.16. The Morgan fingerprint density at radius 1 is 1.37 bits per heavy atom. The molecule has 0 spiro atoms. The zero-order chi connectivity index (χ0) is 13.4. The number of fused-ring (bicyclic) bond motifs is 1. The molecule has 7 nitrogen and oxygen atoms in total. The van der Waals surface area contributed by atoms with Crippen LogP contribution in [-0.2, 0) is 19.5 Å². The molecule has 2 aromatic rings. The van der Waals surface area contributed by atoms with Crippen LogP contribution in [0.2, 0.25) is 5.15 Å². The summed E-state index contributed by atoms with van der Waals surface area (Å²) in [5.74, 6) is 1.73. The molecule has 0 aliphatic carbocycles. The minimum Gasteiger partial charge on any atom is -0.392 e. The van der Waals surface area contributed by atoms with E-state index in [1.165, 1.54) is 10.9 Å². The fourth-order valence-corrected chi connectivity index (χ4v) is 2.36. The summed E-state index contributed by atoms with van der Waals surface area (Å²) >= 11 is 5.70. The van der Waals surface area contributed by atoms with Gasteiger partial charge < -0.3 is 10.3 Å². The van der Waals surface area contributed by atoms with Crippen LogP contribution in [0.1, 0.15) is 24.5 Å². The molecule has 0 atom stereocenters. The van der Waals surface area contributed by atoms with Crippen molar-refractivity contribution in [1.82, 2.24) is 24.3 Å². The Hall–Kier alpha value is -1.89. The number of nitrogens with two attached hydrogens (primary N) is 1. The molecule has 3 rings (SSSR count). The molecule has 0 aromatic carbocycles. The molecule has 0 saturated carbocycles. The molecule has 19 heavy (non-hydrogen) atoms. The lowest BCUT2D eigenvalue weighted by Gasteiger charge is -2.15. The number of halogens is 1. The van der Waals surface area contributed by atoms with Crippen LogP contribution in [0.3, 0.4) is 0 Å². The minimum absolute atomic E-state index is 0.0320. The molecule has 8 heteroatoms. The maximum absolute atomic E-state index is 11.9. The molecule has 0 bridgehead atoms. The Morgan fingerprint density at radius 3 is 3.05 bits per heavy atom. The van der Waals surface area contributed by atoms with Crippen molar-refractivity contribution in [2.45, 2.75) is 32.4 Å². The van der Waals surface area contributed by atoms with Gasteiger partial charge in [0.2, 0.25) is 0 Å². The SMILES string of the molecule is Nc1c(Cl)ncn(Cc2nnc3n2CCCC3)c1=O. The van der Waals surface area contributed by atoms with E-state index in [1.807, 2.05) is 0 Å². The number of hydrogen-bond donors (Lipinski definition) is 1. The fraction of sp³-hybridized carbons (Fsp3) is 0.455. The summed E-state index contributed by atoms with van der Waals surface area (Å²) in [7, 11) is 0. The average Bonchev–Trinajstić information content (AvgIpc) is 2.83. The van der Waals surface area contributed by atoms with Gasteiger partial charge in [0, 0.05) is 13.0 Å². The summed E-state index contributed by atoms with van der Waals surface area (Å²) < 4.78 is 3.45. The van der Waals surface area contributed by atoms with Crippen LogP contribution >= 0.6 is 11.6 Å². The Bertz CT molecular complexity index is 676. The molecule has 0 fully saturated rings. The first-order valence-corrected chi connectivity index (χ1v) is 6.46. The molecule has 0 radical (unpaired) electrons. The maximum atomic E-state index is 11.9. The first-order valence-electron chi connectivity index (χ1n) is 6.08. The van der Waals surface area contributed by atoms with Crippen LogP contribution in [0.5, 0.6) is 0 Å². The van der Waals surface area contributed by atoms with Crippen LogP contribution < -0.4 is 11.3 Å². The summed E-state index contributed by atoms with van der Waals surface area (Å²) in [5, 5.41) is 8.31. The summed E-state index contributed by atoms with van der Waals surface area (Å²) in [6, 6.07) is 0. The van der Waals surface area contributed by atoms with Crippen molar-refractivity contribution in [3.8, 4) is 0 Å². The monoisotopic (exact) mass is 280 g/mol. The number of aromatic nitrogens is 5. The second-order valence-corrected chi connectivity index (χ2v) is 4.88. The van der Waals surface area contributed by atoms with E-state index in [-0.39, 0.29) is 16.4 Å². The van der Waals surface area contributed by atoms with Gasteiger partial charge in [0.25, 0.3) is 5.56 Å². The van der Waals surface area contributed by atoms with Gasteiger partial charge >= 0.3 is 0 Å². The van der Waals surface area contributed by atoms with Crippen LogP contribution in [0.4, 0.5) is 5.69 Å². The predicted molar refractivity (Wildman–Crippen MR) is 70.0 cm³/mol. The third-order valence-corrected chi connectivity index (χ3v) is 3.57. The zero-order valence-corrected chi connectivity index (χ0v) is 11.0. The van der Waals surface area contributed by atoms with Gasteiger partial charge in [0.15, 0.2) is 11.0 Å². The van der Waals surface area contributed by atoms with Crippen molar-refractivity contribution < 1.29 is 0 Å². The summed E-state index contributed by atoms with van der Waals surface area (Å²) in [6.45, 7) is 1.20. The molecule has 1 aliphatic rings.